The predicted molar refractivity (Wildman–Crippen MR) is 165 cm³/mol. The van der Waals surface area contributed by atoms with Gasteiger partial charge in [0.05, 0.1) is 36.9 Å². The van der Waals surface area contributed by atoms with E-state index in [2.05, 4.69) is 35.9 Å². The summed E-state index contributed by atoms with van der Waals surface area (Å²) in [4.78, 5) is 38.5. The highest BCUT2D eigenvalue weighted by Crippen LogP contribution is 2.34. The van der Waals surface area contributed by atoms with Crippen LogP contribution in [0.5, 0.6) is 0 Å². The van der Waals surface area contributed by atoms with E-state index in [1.807, 2.05) is 7.05 Å². The number of amides is 3. The molecule has 0 saturated carbocycles. The van der Waals surface area contributed by atoms with E-state index in [9.17, 15) is 22.8 Å². The van der Waals surface area contributed by atoms with Crippen molar-refractivity contribution in [3.63, 3.8) is 0 Å². The topological polar surface area (TPSA) is 133 Å². The number of piperazine rings is 1. The number of rotatable bonds is 7. The smallest absolute Gasteiger partial charge is 0.377 e. The molecule has 2 bridgehead atoms. The molecule has 0 radical (unpaired) electrons. The van der Waals surface area contributed by atoms with Gasteiger partial charge in [0.1, 0.15) is 12.4 Å². The van der Waals surface area contributed by atoms with Crippen LogP contribution < -0.4 is 21.0 Å². The highest BCUT2D eigenvalue weighted by Gasteiger charge is 2.39. The molecule has 2 aromatic carbocycles. The van der Waals surface area contributed by atoms with Gasteiger partial charge in [-0.05, 0) is 55.6 Å². The summed E-state index contributed by atoms with van der Waals surface area (Å²) in [6.07, 6.45) is -3.09. The van der Waals surface area contributed by atoms with Gasteiger partial charge >= 0.3 is 12.2 Å². The highest BCUT2D eigenvalue weighted by atomic mass is 19.4. The fraction of sp³-hybridized carbons (Fsp3) is 0.367. The third-order valence-corrected chi connectivity index (χ3v) is 7.63. The molecule has 46 heavy (non-hydrogen) atoms. The molecule has 0 aliphatic carbocycles. The van der Waals surface area contributed by atoms with E-state index < -0.39 is 18.8 Å². The van der Waals surface area contributed by atoms with Crippen molar-refractivity contribution in [1.82, 2.24) is 35.1 Å². The summed E-state index contributed by atoms with van der Waals surface area (Å²) < 4.78 is 47.0. The summed E-state index contributed by atoms with van der Waals surface area (Å²) in [6.45, 7) is 1.08. The van der Waals surface area contributed by atoms with Gasteiger partial charge in [0.25, 0.3) is 5.91 Å². The van der Waals surface area contributed by atoms with E-state index in [4.69, 9.17) is 9.72 Å². The molecule has 4 heterocycles. The Hall–Kier alpha value is -4.80. The molecule has 3 amide bonds. The van der Waals surface area contributed by atoms with Gasteiger partial charge in [0.2, 0.25) is 0 Å². The average molecular weight is 639 g/mol. The van der Waals surface area contributed by atoms with Crippen LogP contribution in [-0.2, 0) is 11.3 Å². The lowest BCUT2D eigenvalue weighted by Crippen LogP contribution is -2.64. The van der Waals surface area contributed by atoms with Gasteiger partial charge in [0, 0.05) is 49.7 Å². The first-order chi connectivity index (χ1) is 21.9. The van der Waals surface area contributed by atoms with Crippen molar-refractivity contribution >= 4 is 40.2 Å². The first-order valence-electron chi connectivity index (χ1n) is 14.6. The summed E-state index contributed by atoms with van der Waals surface area (Å²) in [5, 5.41) is 11.5. The number of aromatic nitrogens is 4. The van der Waals surface area contributed by atoms with Crippen molar-refractivity contribution in [1.29, 1.82) is 0 Å². The van der Waals surface area contributed by atoms with Crippen molar-refractivity contribution in [2.45, 2.75) is 24.8 Å². The van der Waals surface area contributed by atoms with E-state index in [0.29, 0.717) is 60.0 Å². The number of nitrogens with one attached hydrogen (secondary N) is 3. The van der Waals surface area contributed by atoms with Crippen LogP contribution in [-0.4, -0.2) is 107 Å². The number of anilines is 3. The summed E-state index contributed by atoms with van der Waals surface area (Å²) in [5.74, 6) is 0.479. The second kappa shape index (κ2) is 12.5. The number of fused-ring (bicyclic) bond motifs is 3. The number of urea groups is 1. The lowest BCUT2D eigenvalue weighted by atomic mass is 10.0. The summed E-state index contributed by atoms with van der Waals surface area (Å²) in [5.41, 5.74) is 4.67. The zero-order valence-corrected chi connectivity index (χ0v) is 25.4. The number of likely N-dealkylation sites (N-methyl/N-ethyl adjacent to an activating group) is 1. The molecule has 0 spiro atoms. The van der Waals surface area contributed by atoms with Crippen LogP contribution >= 0.6 is 0 Å². The van der Waals surface area contributed by atoms with Crippen LogP contribution in [0.1, 0.15) is 10.4 Å². The Morgan fingerprint density at radius 2 is 1.57 bits per heavy atom. The van der Waals surface area contributed by atoms with Crippen molar-refractivity contribution in [2.75, 3.05) is 63.0 Å². The van der Waals surface area contributed by atoms with Gasteiger partial charge < -0.3 is 25.2 Å². The Kier molecular flexibility index (Phi) is 8.50. The molecule has 2 unspecified atom stereocenters. The second-order valence-electron chi connectivity index (χ2n) is 11.6. The largest absolute Gasteiger partial charge is 0.408 e. The number of benzene rings is 2. The molecular weight excluding hydrogens is 605 g/mol. The Morgan fingerprint density at radius 1 is 0.957 bits per heavy atom. The van der Waals surface area contributed by atoms with Crippen LogP contribution in [0.15, 0.2) is 54.7 Å². The van der Waals surface area contributed by atoms with Crippen LogP contribution in [0.3, 0.4) is 0 Å². The number of carbonyl (C=O) groups excluding carboxylic acids is 2. The number of alkyl halides is 3. The van der Waals surface area contributed by atoms with Gasteiger partial charge in [0.15, 0.2) is 11.5 Å². The van der Waals surface area contributed by atoms with E-state index >= 15 is 0 Å². The predicted octanol–water partition coefficient (Wildman–Crippen LogP) is 3.43. The molecule has 2 atom stereocenters. The van der Waals surface area contributed by atoms with Crippen molar-refractivity contribution < 1.29 is 27.5 Å². The zero-order chi connectivity index (χ0) is 32.6. The first-order valence-corrected chi connectivity index (χ1v) is 14.6. The maximum Gasteiger partial charge on any atom is 0.408 e. The summed E-state index contributed by atoms with van der Waals surface area (Å²) in [6, 6.07) is 12.5. The minimum atomic E-state index is -4.49. The highest BCUT2D eigenvalue weighted by molar-refractivity contribution is 6.00. The van der Waals surface area contributed by atoms with Gasteiger partial charge in [-0.2, -0.15) is 18.3 Å². The average Bonchev–Trinajstić information content (AvgIpc) is 3.37. The molecule has 4 aromatic rings. The maximum absolute atomic E-state index is 13.4. The summed E-state index contributed by atoms with van der Waals surface area (Å²) in [7, 11) is 5.44. The van der Waals surface area contributed by atoms with Crippen molar-refractivity contribution in [3.05, 3.63) is 60.3 Å². The van der Waals surface area contributed by atoms with Gasteiger partial charge in [-0.1, -0.05) is 0 Å². The molecule has 2 aliphatic rings. The van der Waals surface area contributed by atoms with E-state index in [1.165, 1.54) is 11.2 Å². The Morgan fingerprint density at radius 3 is 2.15 bits per heavy atom. The van der Waals surface area contributed by atoms with Crippen LogP contribution in [0.25, 0.3) is 22.4 Å². The van der Waals surface area contributed by atoms with E-state index in [1.54, 1.807) is 62.6 Å². The van der Waals surface area contributed by atoms with Gasteiger partial charge in [-0.15, -0.1) is 0 Å². The minimum Gasteiger partial charge on any atom is -0.377 e. The summed E-state index contributed by atoms with van der Waals surface area (Å²) >= 11 is 0. The van der Waals surface area contributed by atoms with Crippen LogP contribution in [0, 0.1) is 0 Å². The molecule has 2 fully saturated rings. The third-order valence-electron chi connectivity index (χ3n) is 7.63. The van der Waals surface area contributed by atoms with E-state index in [0.717, 1.165) is 4.68 Å². The zero-order valence-electron chi connectivity index (χ0n) is 25.4. The van der Waals surface area contributed by atoms with Crippen molar-refractivity contribution in [2.24, 2.45) is 0 Å². The standard InChI is InChI=1S/C30H33F3N10O3/c1-40(2)39-28(44)19-6-10-21(11-7-19)36-29(45)35-20-8-4-18(5-9-20)25-37-26-24(12-34-42(26)17-30(31,32)33)27(38-25)43-22-13-41(3)14-23(43)16-46-15-22/h4-12,22-23H,13-17H2,1-3H3,(H,39,44)(H2,35,36,45). The second-order valence-corrected chi connectivity index (χ2v) is 11.6. The SMILES string of the molecule is CN1CC2COCC(C1)N2c1nc(-c2ccc(NC(=O)Nc3ccc(C(=O)NN(C)C)cc3)cc2)nc2c1cnn2CC(F)(F)F. The van der Waals surface area contributed by atoms with Crippen LogP contribution in [0.2, 0.25) is 0 Å². The normalized spacial score (nSPS) is 18.5. The number of hydrazine groups is 1. The Labute approximate surface area is 262 Å². The Balaban J connectivity index is 1.23. The number of nitrogens with zero attached hydrogens (tertiary/aromatic N) is 7. The molecule has 13 nitrogen and oxygen atoms in total. The number of hydrogen-bond donors (Lipinski definition) is 3. The number of hydrogen-bond acceptors (Lipinski definition) is 9. The van der Waals surface area contributed by atoms with Crippen LogP contribution in [0.4, 0.5) is 35.2 Å². The molecule has 16 heteroatoms. The number of morpholine rings is 1. The lowest BCUT2D eigenvalue weighted by molar-refractivity contribution is -0.141. The maximum atomic E-state index is 13.4. The number of ether oxygens (including phenoxy) is 1. The lowest BCUT2D eigenvalue weighted by Gasteiger charge is -2.49. The molecule has 2 aliphatic heterocycles. The van der Waals surface area contributed by atoms with Gasteiger partial charge in [-0.25, -0.2) is 24.5 Å². The number of halogens is 3. The molecule has 2 saturated heterocycles. The van der Waals surface area contributed by atoms with Crippen molar-refractivity contribution in [3.8, 4) is 11.4 Å². The third kappa shape index (κ3) is 6.88. The minimum absolute atomic E-state index is 0.0362. The molecule has 3 N–H and O–H groups in total. The Bertz CT molecular complexity index is 1710. The number of carbonyl (C=O) groups is 2. The van der Waals surface area contributed by atoms with Gasteiger partial charge in [-0.3, -0.25) is 10.2 Å². The molecule has 2 aromatic heterocycles. The molecular formula is C30H33F3N10O3. The fourth-order valence-electron chi connectivity index (χ4n) is 5.74. The monoisotopic (exact) mass is 638 g/mol. The van der Waals surface area contributed by atoms with E-state index in [-0.39, 0.29) is 29.5 Å². The fourth-order valence-corrected chi connectivity index (χ4v) is 5.74. The molecule has 242 valence electrons. The molecule has 6 rings (SSSR count). The quantitative estimate of drug-likeness (QED) is 0.261. The first kappa shape index (κ1) is 31.2.